The molecule has 0 bridgehead atoms. The molecule has 0 rings (SSSR count). The third-order valence-electron chi connectivity index (χ3n) is 2.25. The molecule has 0 aliphatic carbocycles. The fourth-order valence-corrected chi connectivity index (χ4v) is 0.843. The van der Waals surface area contributed by atoms with Gasteiger partial charge < -0.3 is 9.64 Å². The van der Waals surface area contributed by atoms with Crippen molar-refractivity contribution in [3.63, 3.8) is 0 Å². The summed E-state index contributed by atoms with van der Waals surface area (Å²) in [5, 5.41) is 0. The van der Waals surface area contributed by atoms with Gasteiger partial charge in [-0.1, -0.05) is 6.92 Å². The number of hydrogen-bond donors (Lipinski definition) is 0. The molecule has 0 aliphatic heterocycles. The van der Waals surface area contributed by atoms with E-state index in [1.54, 1.807) is 7.11 Å². The highest BCUT2D eigenvalue weighted by Crippen LogP contribution is 2.03. The first-order chi connectivity index (χ1) is 4.63. The molecule has 0 radical (unpaired) electrons. The Morgan fingerprint density at radius 3 is 2.20 bits per heavy atom. The second-order valence-electron chi connectivity index (χ2n) is 2.75. The van der Waals surface area contributed by atoms with Crippen LogP contribution in [0.4, 0.5) is 0 Å². The number of likely N-dealkylation sites (N-methyl/N-ethyl adjacent to an activating group) is 1. The van der Waals surface area contributed by atoms with E-state index in [1.165, 1.54) is 0 Å². The van der Waals surface area contributed by atoms with Gasteiger partial charge in [0.25, 0.3) is 0 Å². The lowest BCUT2D eigenvalue weighted by Gasteiger charge is -2.27. The zero-order chi connectivity index (χ0) is 8.15. The SMILES string of the molecule is CCN(C)[C@H](C)C(C)OC. The van der Waals surface area contributed by atoms with Gasteiger partial charge in [0, 0.05) is 13.2 Å². The van der Waals surface area contributed by atoms with Crippen LogP contribution in [0.2, 0.25) is 0 Å². The van der Waals surface area contributed by atoms with Crippen LogP contribution in [-0.4, -0.2) is 37.7 Å². The van der Waals surface area contributed by atoms with Gasteiger partial charge >= 0.3 is 0 Å². The highest BCUT2D eigenvalue weighted by Gasteiger charge is 2.13. The Bertz CT molecular complexity index is 75.3. The second-order valence-corrected chi connectivity index (χ2v) is 2.75. The molecule has 0 saturated carbocycles. The predicted octanol–water partition coefficient (Wildman–Crippen LogP) is 1.36. The van der Waals surface area contributed by atoms with Crippen molar-refractivity contribution in [1.29, 1.82) is 0 Å². The smallest absolute Gasteiger partial charge is 0.0695 e. The molecule has 1 unspecified atom stereocenters. The van der Waals surface area contributed by atoms with Crippen molar-refractivity contribution >= 4 is 0 Å². The molecule has 2 atom stereocenters. The summed E-state index contributed by atoms with van der Waals surface area (Å²) in [6.07, 6.45) is 0.324. The maximum absolute atomic E-state index is 5.19. The lowest BCUT2D eigenvalue weighted by atomic mass is 10.2. The predicted molar refractivity (Wildman–Crippen MR) is 44.2 cm³/mol. The second kappa shape index (κ2) is 4.69. The van der Waals surface area contributed by atoms with Gasteiger partial charge in [-0.2, -0.15) is 0 Å². The lowest BCUT2D eigenvalue weighted by molar-refractivity contribution is 0.0460. The minimum Gasteiger partial charge on any atom is -0.380 e. The fraction of sp³-hybridized carbons (Fsp3) is 1.00. The molecule has 0 aromatic carbocycles. The van der Waals surface area contributed by atoms with Gasteiger partial charge in [-0.15, -0.1) is 0 Å². The quantitative estimate of drug-likeness (QED) is 0.592. The zero-order valence-electron chi connectivity index (χ0n) is 7.72. The Balaban J connectivity index is 3.69. The third-order valence-corrected chi connectivity index (χ3v) is 2.25. The van der Waals surface area contributed by atoms with Crippen molar-refractivity contribution in [2.24, 2.45) is 0 Å². The normalized spacial score (nSPS) is 17.4. The molecule has 0 saturated heterocycles. The van der Waals surface area contributed by atoms with Crippen molar-refractivity contribution < 1.29 is 4.74 Å². The van der Waals surface area contributed by atoms with E-state index in [1.807, 2.05) is 0 Å². The van der Waals surface area contributed by atoms with E-state index < -0.39 is 0 Å². The minimum atomic E-state index is 0.324. The van der Waals surface area contributed by atoms with Crippen molar-refractivity contribution in [3.8, 4) is 0 Å². The Labute approximate surface area is 64.2 Å². The van der Waals surface area contributed by atoms with E-state index in [2.05, 4.69) is 32.7 Å². The Morgan fingerprint density at radius 2 is 1.90 bits per heavy atom. The molecule has 2 nitrogen and oxygen atoms in total. The van der Waals surface area contributed by atoms with Gasteiger partial charge in [-0.25, -0.2) is 0 Å². The number of ether oxygens (including phenoxy) is 1. The lowest BCUT2D eigenvalue weighted by Crippen LogP contribution is -2.38. The van der Waals surface area contributed by atoms with Crippen LogP contribution in [0, 0.1) is 0 Å². The van der Waals surface area contributed by atoms with Gasteiger partial charge in [0.05, 0.1) is 6.10 Å². The largest absolute Gasteiger partial charge is 0.380 e. The molecule has 2 heteroatoms. The molecular weight excluding hydrogens is 126 g/mol. The maximum atomic E-state index is 5.19. The van der Waals surface area contributed by atoms with Crippen LogP contribution >= 0.6 is 0 Å². The summed E-state index contributed by atoms with van der Waals surface area (Å²) in [5.41, 5.74) is 0. The Morgan fingerprint density at radius 1 is 1.40 bits per heavy atom. The van der Waals surface area contributed by atoms with E-state index >= 15 is 0 Å². The molecule has 0 aromatic heterocycles. The van der Waals surface area contributed by atoms with E-state index in [4.69, 9.17) is 4.74 Å². The summed E-state index contributed by atoms with van der Waals surface area (Å²) in [4.78, 5) is 2.27. The van der Waals surface area contributed by atoms with E-state index in [9.17, 15) is 0 Å². The summed E-state index contributed by atoms with van der Waals surface area (Å²) in [6.45, 7) is 7.50. The first kappa shape index (κ1) is 9.92. The van der Waals surface area contributed by atoms with Gasteiger partial charge in [0.2, 0.25) is 0 Å². The monoisotopic (exact) mass is 145 g/mol. The first-order valence-electron chi connectivity index (χ1n) is 3.86. The van der Waals surface area contributed by atoms with Crippen LogP contribution in [0.3, 0.4) is 0 Å². The fourth-order valence-electron chi connectivity index (χ4n) is 0.843. The zero-order valence-corrected chi connectivity index (χ0v) is 7.72. The maximum Gasteiger partial charge on any atom is 0.0695 e. The number of rotatable bonds is 4. The molecule has 0 fully saturated rings. The number of nitrogens with zero attached hydrogens (tertiary/aromatic N) is 1. The molecule has 0 N–H and O–H groups in total. The van der Waals surface area contributed by atoms with Gasteiger partial charge in [-0.05, 0) is 27.4 Å². The van der Waals surface area contributed by atoms with Gasteiger partial charge in [0.1, 0.15) is 0 Å². The topological polar surface area (TPSA) is 12.5 Å². The number of hydrogen-bond acceptors (Lipinski definition) is 2. The van der Waals surface area contributed by atoms with Crippen LogP contribution in [0.15, 0.2) is 0 Å². The van der Waals surface area contributed by atoms with Crippen molar-refractivity contribution in [1.82, 2.24) is 4.90 Å². The van der Waals surface area contributed by atoms with Crippen LogP contribution < -0.4 is 0 Å². The molecular formula is C8H19NO. The molecule has 0 amide bonds. The highest BCUT2D eigenvalue weighted by atomic mass is 16.5. The van der Waals surface area contributed by atoms with E-state index in [-0.39, 0.29) is 0 Å². The molecule has 62 valence electrons. The van der Waals surface area contributed by atoms with Gasteiger partial charge in [0.15, 0.2) is 0 Å². The average molecular weight is 145 g/mol. The first-order valence-corrected chi connectivity index (χ1v) is 3.86. The molecule has 0 aliphatic rings. The van der Waals surface area contributed by atoms with Crippen LogP contribution in [0.25, 0.3) is 0 Å². The summed E-state index contributed by atoms with van der Waals surface area (Å²) in [6, 6.07) is 0.509. The van der Waals surface area contributed by atoms with E-state index in [0.717, 1.165) is 6.54 Å². The molecule has 0 spiro atoms. The van der Waals surface area contributed by atoms with Gasteiger partial charge in [-0.3, -0.25) is 0 Å². The van der Waals surface area contributed by atoms with Crippen LogP contribution in [0.1, 0.15) is 20.8 Å². The Kier molecular flexibility index (Phi) is 4.65. The minimum absolute atomic E-state index is 0.324. The number of methoxy groups -OCH3 is 1. The average Bonchev–Trinajstić information content (AvgIpc) is 2.00. The van der Waals surface area contributed by atoms with Crippen molar-refractivity contribution in [2.45, 2.75) is 32.9 Å². The molecule has 10 heavy (non-hydrogen) atoms. The summed E-state index contributed by atoms with van der Waals surface area (Å²) >= 11 is 0. The summed E-state index contributed by atoms with van der Waals surface area (Å²) in [5.74, 6) is 0. The summed E-state index contributed by atoms with van der Waals surface area (Å²) < 4.78 is 5.19. The highest BCUT2D eigenvalue weighted by molar-refractivity contribution is 4.68. The molecule has 0 aromatic rings. The van der Waals surface area contributed by atoms with Crippen molar-refractivity contribution in [2.75, 3.05) is 20.7 Å². The van der Waals surface area contributed by atoms with Crippen LogP contribution in [0.5, 0.6) is 0 Å². The summed E-state index contributed by atoms with van der Waals surface area (Å²) in [7, 11) is 3.87. The standard InChI is InChI=1S/C8H19NO/c1-6-9(4)7(2)8(3)10-5/h7-8H,6H2,1-5H3/t7-,8?/m1/s1. The van der Waals surface area contributed by atoms with Crippen molar-refractivity contribution in [3.05, 3.63) is 0 Å². The Hall–Kier alpha value is -0.0800. The molecule has 0 heterocycles. The third kappa shape index (κ3) is 2.67. The van der Waals surface area contributed by atoms with Crippen LogP contribution in [-0.2, 0) is 4.74 Å². The van der Waals surface area contributed by atoms with E-state index in [0.29, 0.717) is 12.1 Å².